The molecule has 5 heteroatoms. The quantitative estimate of drug-likeness (QED) is 0.841. The number of likely N-dealkylation sites (tertiary alicyclic amines) is 1. The summed E-state index contributed by atoms with van der Waals surface area (Å²) in [5.74, 6) is 0.465. The van der Waals surface area contributed by atoms with Crippen molar-refractivity contribution in [2.24, 2.45) is 5.92 Å². The van der Waals surface area contributed by atoms with Crippen LogP contribution in [0, 0.1) is 5.92 Å². The molecule has 134 valence electrons. The highest BCUT2D eigenvalue weighted by Gasteiger charge is 2.30. The molecule has 1 aliphatic rings. The van der Waals surface area contributed by atoms with Crippen molar-refractivity contribution in [3.63, 3.8) is 0 Å². The van der Waals surface area contributed by atoms with Gasteiger partial charge in [-0.1, -0.05) is 37.3 Å². The van der Waals surface area contributed by atoms with Crippen LogP contribution < -0.4 is 5.32 Å². The van der Waals surface area contributed by atoms with Crippen molar-refractivity contribution < 1.29 is 9.90 Å². The van der Waals surface area contributed by atoms with Gasteiger partial charge in [-0.2, -0.15) is 0 Å². The van der Waals surface area contributed by atoms with Gasteiger partial charge >= 0.3 is 6.03 Å². The number of carbonyl (C=O) groups is 1. The molecule has 1 aliphatic heterocycles. The van der Waals surface area contributed by atoms with Crippen LogP contribution >= 0.6 is 0 Å². The van der Waals surface area contributed by atoms with Crippen LogP contribution in [0.4, 0.5) is 4.79 Å². The standard InChI is InChI=1S/C19H31N3O2/c1-15-14-21(2)12-11-18(15)22(3)19(24)20-17(10-7-13-23)16-8-5-4-6-9-16/h4-6,8-9,15,17-18,23H,7,10-14H2,1-3H3,(H,20,24). The lowest BCUT2D eigenvalue weighted by atomic mass is 9.93. The molecule has 5 nitrogen and oxygen atoms in total. The Morgan fingerprint density at radius 2 is 2.12 bits per heavy atom. The van der Waals surface area contributed by atoms with Crippen LogP contribution in [-0.2, 0) is 0 Å². The Morgan fingerprint density at radius 3 is 2.75 bits per heavy atom. The number of benzene rings is 1. The van der Waals surface area contributed by atoms with Gasteiger partial charge in [-0.15, -0.1) is 0 Å². The van der Waals surface area contributed by atoms with Gasteiger partial charge in [0.15, 0.2) is 0 Å². The van der Waals surface area contributed by atoms with Gasteiger partial charge in [0.1, 0.15) is 0 Å². The first-order valence-electron chi connectivity index (χ1n) is 8.90. The van der Waals surface area contributed by atoms with E-state index in [2.05, 4.69) is 24.2 Å². The lowest BCUT2D eigenvalue weighted by molar-refractivity contribution is 0.105. The third kappa shape index (κ3) is 4.95. The summed E-state index contributed by atoms with van der Waals surface area (Å²) >= 11 is 0. The number of piperidine rings is 1. The van der Waals surface area contributed by atoms with Gasteiger partial charge in [0, 0.05) is 26.2 Å². The number of aliphatic hydroxyl groups excluding tert-OH is 1. The Balaban J connectivity index is 2.01. The molecule has 1 aromatic carbocycles. The molecule has 1 fully saturated rings. The second kappa shape index (κ2) is 9.04. The molecule has 0 bridgehead atoms. The molecule has 24 heavy (non-hydrogen) atoms. The molecule has 0 saturated carbocycles. The van der Waals surface area contributed by atoms with Gasteiger partial charge in [-0.05, 0) is 44.3 Å². The molecule has 0 aromatic heterocycles. The van der Waals surface area contributed by atoms with Crippen molar-refractivity contribution in [3.8, 4) is 0 Å². The molecule has 0 aliphatic carbocycles. The molecule has 2 rings (SSSR count). The van der Waals surface area contributed by atoms with E-state index in [1.165, 1.54) is 0 Å². The number of nitrogens with one attached hydrogen (secondary N) is 1. The van der Waals surface area contributed by atoms with E-state index < -0.39 is 0 Å². The van der Waals surface area contributed by atoms with Crippen molar-refractivity contribution in [1.82, 2.24) is 15.1 Å². The van der Waals surface area contributed by atoms with Crippen LogP contribution in [0.5, 0.6) is 0 Å². The zero-order chi connectivity index (χ0) is 17.5. The number of nitrogens with zero attached hydrogens (tertiary/aromatic N) is 2. The van der Waals surface area contributed by atoms with Crippen molar-refractivity contribution in [2.45, 2.75) is 38.3 Å². The molecular formula is C19H31N3O2. The monoisotopic (exact) mass is 333 g/mol. The minimum Gasteiger partial charge on any atom is -0.396 e. The number of carbonyl (C=O) groups excluding carboxylic acids is 1. The van der Waals surface area contributed by atoms with Crippen LogP contribution in [0.15, 0.2) is 30.3 Å². The van der Waals surface area contributed by atoms with Gasteiger partial charge in [-0.3, -0.25) is 0 Å². The highest BCUT2D eigenvalue weighted by molar-refractivity contribution is 5.74. The predicted octanol–water partition coefficient (Wildman–Crippen LogP) is 2.48. The van der Waals surface area contributed by atoms with Crippen molar-refractivity contribution in [2.75, 3.05) is 33.8 Å². The average molecular weight is 333 g/mol. The maximum Gasteiger partial charge on any atom is 0.317 e. The van der Waals surface area contributed by atoms with Gasteiger partial charge in [0.2, 0.25) is 0 Å². The summed E-state index contributed by atoms with van der Waals surface area (Å²) in [5, 5.41) is 12.3. The lowest BCUT2D eigenvalue weighted by Crippen LogP contribution is -2.52. The van der Waals surface area contributed by atoms with Crippen molar-refractivity contribution in [1.29, 1.82) is 0 Å². The second-order valence-corrected chi connectivity index (χ2v) is 6.99. The van der Waals surface area contributed by atoms with E-state index in [0.29, 0.717) is 12.3 Å². The summed E-state index contributed by atoms with van der Waals surface area (Å²) in [6.45, 7) is 4.40. The summed E-state index contributed by atoms with van der Waals surface area (Å²) in [6, 6.07) is 10.2. The molecule has 1 aromatic rings. The van der Waals surface area contributed by atoms with Gasteiger partial charge < -0.3 is 20.2 Å². The Labute approximate surface area is 145 Å². The van der Waals surface area contributed by atoms with Crippen LogP contribution in [0.25, 0.3) is 0 Å². The fourth-order valence-electron chi connectivity index (χ4n) is 3.62. The lowest BCUT2D eigenvalue weighted by Gasteiger charge is -2.40. The molecule has 2 amide bonds. The van der Waals surface area contributed by atoms with E-state index in [-0.39, 0.29) is 24.7 Å². The fraction of sp³-hybridized carbons (Fsp3) is 0.632. The smallest absolute Gasteiger partial charge is 0.317 e. The van der Waals surface area contributed by atoms with E-state index in [1.807, 2.05) is 42.3 Å². The molecule has 0 radical (unpaired) electrons. The largest absolute Gasteiger partial charge is 0.396 e. The molecule has 0 spiro atoms. The number of hydrogen-bond donors (Lipinski definition) is 2. The summed E-state index contributed by atoms with van der Waals surface area (Å²) in [7, 11) is 4.03. The van der Waals surface area contributed by atoms with E-state index in [4.69, 9.17) is 5.11 Å². The first-order valence-corrected chi connectivity index (χ1v) is 8.90. The first kappa shape index (κ1) is 18.7. The Kier molecular flexibility index (Phi) is 7.06. The maximum absolute atomic E-state index is 12.8. The van der Waals surface area contributed by atoms with Crippen LogP contribution in [0.2, 0.25) is 0 Å². The van der Waals surface area contributed by atoms with Gasteiger partial charge in [-0.25, -0.2) is 4.79 Å². The van der Waals surface area contributed by atoms with Gasteiger partial charge in [0.25, 0.3) is 0 Å². The van der Waals surface area contributed by atoms with Gasteiger partial charge in [0.05, 0.1) is 6.04 Å². The maximum atomic E-state index is 12.8. The number of urea groups is 1. The molecule has 3 atom stereocenters. The summed E-state index contributed by atoms with van der Waals surface area (Å²) in [4.78, 5) is 16.9. The first-order chi connectivity index (χ1) is 11.5. The highest BCUT2D eigenvalue weighted by Crippen LogP contribution is 2.22. The number of amides is 2. The Hall–Kier alpha value is -1.59. The van der Waals surface area contributed by atoms with E-state index in [9.17, 15) is 4.79 Å². The zero-order valence-corrected chi connectivity index (χ0v) is 15.1. The topological polar surface area (TPSA) is 55.8 Å². The third-order valence-corrected chi connectivity index (χ3v) is 5.03. The van der Waals surface area contributed by atoms with E-state index >= 15 is 0 Å². The van der Waals surface area contributed by atoms with E-state index in [0.717, 1.165) is 31.5 Å². The second-order valence-electron chi connectivity index (χ2n) is 6.99. The fourth-order valence-corrected chi connectivity index (χ4v) is 3.62. The average Bonchev–Trinajstić information content (AvgIpc) is 2.58. The van der Waals surface area contributed by atoms with Crippen LogP contribution in [-0.4, -0.2) is 60.8 Å². The normalized spacial score (nSPS) is 22.8. The summed E-state index contributed by atoms with van der Waals surface area (Å²) < 4.78 is 0. The number of aliphatic hydroxyl groups is 1. The van der Waals surface area contributed by atoms with Crippen molar-refractivity contribution in [3.05, 3.63) is 35.9 Å². The predicted molar refractivity (Wildman–Crippen MR) is 96.9 cm³/mol. The minimum atomic E-state index is -0.0603. The number of hydrogen-bond acceptors (Lipinski definition) is 3. The SMILES string of the molecule is CC1CN(C)CCC1N(C)C(=O)NC(CCCO)c1ccccc1. The molecule has 3 unspecified atom stereocenters. The highest BCUT2D eigenvalue weighted by atomic mass is 16.3. The number of rotatable bonds is 6. The Morgan fingerprint density at radius 1 is 1.42 bits per heavy atom. The zero-order valence-electron chi connectivity index (χ0n) is 15.1. The van der Waals surface area contributed by atoms with Crippen LogP contribution in [0.3, 0.4) is 0 Å². The van der Waals surface area contributed by atoms with Crippen molar-refractivity contribution >= 4 is 6.03 Å². The third-order valence-electron chi connectivity index (χ3n) is 5.03. The summed E-state index contributed by atoms with van der Waals surface area (Å²) in [5.41, 5.74) is 1.09. The molecule has 1 heterocycles. The Bertz CT molecular complexity index is 509. The minimum absolute atomic E-state index is 0.0248. The van der Waals surface area contributed by atoms with E-state index in [1.54, 1.807) is 0 Å². The molecular weight excluding hydrogens is 302 g/mol. The summed E-state index contributed by atoms with van der Waals surface area (Å²) in [6.07, 6.45) is 2.42. The molecule has 2 N–H and O–H groups in total. The van der Waals surface area contributed by atoms with Crippen LogP contribution in [0.1, 0.15) is 37.8 Å². The molecule has 1 saturated heterocycles.